The fraction of sp³-hybridized carbons (Fsp3) is 0.923. The molecular weight excluding hydrogens is 188 g/mol. The largest absolute Gasteiger partial charge is 0.465 e. The minimum Gasteiger partial charge on any atom is -0.465 e. The van der Waals surface area contributed by atoms with Crippen LogP contribution in [0, 0.1) is 0 Å². The maximum Gasteiger partial charge on any atom is 0.293 e. The van der Waals surface area contributed by atoms with E-state index in [0.29, 0.717) is 6.47 Å². The van der Waals surface area contributed by atoms with Crippen LogP contribution in [0.25, 0.3) is 0 Å². The molecule has 1 atom stereocenters. The summed E-state index contributed by atoms with van der Waals surface area (Å²) in [6, 6.07) is 0. The summed E-state index contributed by atoms with van der Waals surface area (Å²) in [5.74, 6) is 0. The number of ether oxygens (including phenoxy) is 1. The molecule has 2 nitrogen and oxygen atoms in total. The van der Waals surface area contributed by atoms with Gasteiger partial charge in [-0.05, 0) is 25.7 Å². The first-order valence-electron chi connectivity index (χ1n) is 6.44. The SMILES string of the molecule is CCCCCCC(CCCCC)OC=O. The molecule has 0 heterocycles. The van der Waals surface area contributed by atoms with Gasteiger partial charge in [-0.3, -0.25) is 4.79 Å². The Hall–Kier alpha value is -0.530. The van der Waals surface area contributed by atoms with Gasteiger partial charge in [0.2, 0.25) is 0 Å². The summed E-state index contributed by atoms with van der Waals surface area (Å²) in [6.07, 6.45) is 10.9. The Morgan fingerprint density at radius 3 is 2.00 bits per heavy atom. The van der Waals surface area contributed by atoms with Crippen LogP contribution in [-0.4, -0.2) is 12.6 Å². The lowest BCUT2D eigenvalue weighted by molar-refractivity contribution is -0.134. The third-order valence-corrected chi connectivity index (χ3v) is 2.76. The molecule has 90 valence electrons. The highest BCUT2D eigenvalue weighted by Crippen LogP contribution is 2.13. The van der Waals surface area contributed by atoms with Crippen molar-refractivity contribution in [2.45, 2.75) is 77.7 Å². The van der Waals surface area contributed by atoms with Crippen molar-refractivity contribution in [1.29, 1.82) is 0 Å². The smallest absolute Gasteiger partial charge is 0.293 e. The summed E-state index contributed by atoms with van der Waals surface area (Å²) in [5, 5.41) is 0. The molecule has 0 amide bonds. The summed E-state index contributed by atoms with van der Waals surface area (Å²) < 4.78 is 5.09. The van der Waals surface area contributed by atoms with E-state index < -0.39 is 0 Å². The van der Waals surface area contributed by atoms with Crippen LogP contribution in [0.5, 0.6) is 0 Å². The highest BCUT2D eigenvalue weighted by Gasteiger charge is 2.07. The van der Waals surface area contributed by atoms with Gasteiger partial charge in [0.1, 0.15) is 6.10 Å². The molecule has 0 aromatic carbocycles. The van der Waals surface area contributed by atoms with E-state index in [1.54, 1.807) is 0 Å². The highest BCUT2D eigenvalue weighted by atomic mass is 16.5. The first-order valence-corrected chi connectivity index (χ1v) is 6.44. The molecule has 0 saturated heterocycles. The topological polar surface area (TPSA) is 26.3 Å². The Labute approximate surface area is 94.4 Å². The van der Waals surface area contributed by atoms with Crippen LogP contribution >= 0.6 is 0 Å². The standard InChI is InChI=1S/C13H26O2/c1-3-5-7-9-11-13(15-12-14)10-8-6-4-2/h12-13H,3-11H2,1-2H3. The Kier molecular flexibility index (Phi) is 11.1. The van der Waals surface area contributed by atoms with Crippen molar-refractivity contribution in [3.63, 3.8) is 0 Å². The van der Waals surface area contributed by atoms with E-state index in [2.05, 4.69) is 13.8 Å². The lowest BCUT2D eigenvalue weighted by Gasteiger charge is -2.14. The van der Waals surface area contributed by atoms with Gasteiger partial charge < -0.3 is 4.74 Å². The molecule has 0 bridgehead atoms. The van der Waals surface area contributed by atoms with E-state index in [1.165, 1.54) is 44.9 Å². The minimum absolute atomic E-state index is 0.172. The summed E-state index contributed by atoms with van der Waals surface area (Å²) in [5.41, 5.74) is 0. The second-order valence-corrected chi connectivity index (χ2v) is 4.20. The molecular formula is C13H26O2. The second-order valence-electron chi connectivity index (χ2n) is 4.20. The van der Waals surface area contributed by atoms with Gasteiger partial charge in [-0.25, -0.2) is 0 Å². The van der Waals surface area contributed by atoms with Gasteiger partial charge in [0.15, 0.2) is 0 Å². The van der Waals surface area contributed by atoms with Crippen LogP contribution in [0.2, 0.25) is 0 Å². The van der Waals surface area contributed by atoms with Gasteiger partial charge in [-0.15, -0.1) is 0 Å². The molecule has 2 heteroatoms. The van der Waals surface area contributed by atoms with Crippen LogP contribution in [0.1, 0.15) is 71.6 Å². The maximum atomic E-state index is 10.3. The molecule has 0 saturated carbocycles. The maximum absolute atomic E-state index is 10.3. The fourth-order valence-corrected chi connectivity index (χ4v) is 1.78. The molecule has 0 N–H and O–H groups in total. The quantitative estimate of drug-likeness (QED) is 0.382. The number of hydrogen-bond donors (Lipinski definition) is 0. The molecule has 0 radical (unpaired) electrons. The van der Waals surface area contributed by atoms with Gasteiger partial charge in [0.05, 0.1) is 0 Å². The average Bonchev–Trinajstić information content (AvgIpc) is 2.24. The van der Waals surface area contributed by atoms with Crippen LogP contribution < -0.4 is 0 Å². The molecule has 1 unspecified atom stereocenters. The predicted octanol–water partition coefficient (Wildman–Crippen LogP) is 4.08. The lowest BCUT2D eigenvalue weighted by Crippen LogP contribution is -2.11. The minimum atomic E-state index is 0.172. The molecule has 0 spiro atoms. The second kappa shape index (κ2) is 11.5. The van der Waals surface area contributed by atoms with E-state index in [9.17, 15) is 4.79 Å². The van der Waals surface area contributed by atoms with Crippen molar-refractivity contribution < 1.29 is 9.53 Å². The normalized spacial score (nSPS) is 12.4. The Morgan fingerprint density at radius 2 is 1.47 bits per heavy atom. The monoisotopic (exact) mass is 214 g/mol. The first kappa shape index (κ1) is 14.5. The zero-order valence-corrected chi connectivity index (χ0v) is 10.3. The molecule has 0 aromatic rings. The van der Waals surface area contributed by atoms with Crippen molar-refractivity contribution in [3.8, 4) is 0 Å². The van der Waals surface area contributed by atoms with Crippen LogP contribution in [0.3, 0.4) is 0 Å². The predicted molar refractivity (Wildman–Crippen MR) is 63.8 cm³/mol. The molecule has 0 aliphatic heterocycles. The molecule has 15 heavy (non-hydrogen) atoms. The molecule has 0 aliphatic rings. The Morgan fingerprint density at radius 1 is 0.933 bits per heavy atom. The van der Waals surface area contributed by atoms with Crippen LogP contribution in [0.15, 0.2) is 0 Å². The fourth-order valence-electron chi connectivity index (χ4n) is 1.78. The number of unbranched alkanes of at least 4 members (excludes halogenated alkanes) is 5. The number of hydrogen-bond acceptors (Lipinski definition) is 2. The highest BCUT2D eigenvalue weighted by molar-refractivity contribution is 5.37. The molecule has 0 aliphatic carbocycles. The lowest BCUT2D eigenvalue weighted by atomic mass is 10.0. The third-order valence-electron chi connectivity index (χ3n) is 2.76. The third kappa shape index (κ3) is 9.77. The van der Waals surface area contributed by atoms with Gasteiger partial charge in [0.25, 0.3) is 6.47 Å². The molecule has 0 aromatic heterocycles. The number of carbonyl (C=O) groups is 1. The van der Waals surface area contributed by atoms with E-state index in [0.717, 1.165) is 12.8 Å². The molecule has 0 fully saturated rings. The van der Waals surface area contributed by atoms with Crippen LogP contribution in [-0.2, 0) is 9.53 Å². The van der Waals surface area contributed by atoms with E-state index >= 15 is 0 Å². The first-order chi connectivity index (χ1) is 7.35. The van der Waals surface area contributed by atoms with E-state index in [4.69, 9.17) is 4.74 Å². The summed E-state index contributed by atoms with van der Waals surface area (Å²) in [6.45, 7) is 5.01. The van der Waals surface area contributed by atoms with Crippen molar-refractivity contribution in [3.05, 3.63) is 0 Å². The van der Waals surface area contributed by atoms with Gasteiger partial charge in [-0.2, -0.15) is 0 Å². The van der Waals surface area contributed by atoms with Crippen molar-refractivity contribution in [2.24, 2.45) is 0 Å². The summed E-state index contributed by atoms with van der Waals surface area (Å²) >= 11 is 0. The van der Waals surface area contributed by atoms with E-state index in [-0.39, 0.29) is 6.10 Å². The van der Waals surface area contributed by atoms with Gasteiger partial charge >= 0.3 is 0 Å². The van der Waals surface area contributed by atoms with Crippen molar-refractivity contribution in [1.82, 2.24) is 0 Å². The van der Waals surface area contributed by atoms with Crippen molar-refractivity contribution in [2.75, 3.05) is 0 Å². The number of rotatable bonds is 11. The van der Waals surface area contributed by atoms with Crippen LogP contribution in [0.4, 0.5) is 0 Å². The summed E-state index contributed by atoms with van der Waals surface area (Å²) in [4.78, 5) is 10.3. The number of carbonyl (C=O) groups excluding carboxylic acids is 1. The molecule has 0 rings (SSSR count). The van der Waals surface area contributed by atoms with Gasteiger partial charge in [-0.1, -0.05) is 46.0 Å². The zero-order valence-electron chi connectivity index (χ0n) is 10.3. The average molecular weight is 214 g/mol. The van der Waals surface area contributed by atoms with Gasteiger partial charge in [0, 0.05) is 0 Å². The Bertz CT molecular complexity index is 134. The summed E-state index contributed by atoms with van der Waals surface area (Å²) in [7, 11) is 0. The Balaban J connectivity index is 3.48. The van der Waals surface area contributed by atoms with Crippen molar-refractivity contribution >= 4 is 6.47 Å². The van der Waals surface area contributed by atoms with E-state index in [1.807, 2.05) is 0 Å². The zero-order chi connectivity index (χ0) is 11.4.